The number of hydrogen-bond donors (Lipinski definition) is 1. The molecule has 1 aliphatic heterocycles. The van der Waals surface area contributed by atoms with E-state index in [2.05, 4.69) is 20.8 Å². The van der Waals surface area contributed by atoms with E-state index in [4.69, 9.17) is 4.74 Å². The van der Waals surface area contributed by atoms with Crippen LogP contribution in [0, 0.1) is 0 Å². The van der Waals surface area contributed by atoms with Gasteiger partial charge in [0.1, 0.15) is 5.75 Å². The van der Waals surface area contributed by atoms with Crippen LogP contribution in [0.15, 0.2) is 24.3 Å². The third kappa shape index (κ3) is 1.95. The Morgan fingerprint density at radius 3 is 2.83 bits per heavy atom. The first-order valence-electron chi connectivity index (χ1n) is 6.04. The molecule has 1 N–H and O–H groups in total. The van der Waals surface area contributed by atoms with Crippen molar-refractivity contribution in [1.82, 2.24) is 25.5 Å². The van der Waals surface area contributed by atoms with Gasteiger partial charge in [0.15, 0.2) is 5.82 Å². The number of hydrogen-bond acceptors (Lipinski definition) is 5. The average Bonchev–Trinajstić information content (AvgIpc) is 3.09. The van der Waals surface area contributed by atoms with E-state index in [1.165, 1.54) is 6.42 Å². The highest BCUT2D eigenvalue weighted by Crippen LogP contribution is 2.23. The van der Waals surface area contributed by atoms with Gasteiger partial charge in [-0.05, 0) is 54.1 Å². The molecule has 0 amide bonds. The molecule has 6 nitrogen and oxygen atoms in total. The predicted molar refractivity (Wildman–Crippen MR) is 65.7 cm³/mol. The lowest BCUT2D eigenvalue weighted by Crippen LogP contribution is -2.18. The van der Waals surface area contributed by atoms with E-state index in [-0.39, 0.29) is 6.04 Å². The molecule has 18 heavy (non-hydrogen) atoms. The summed E-state index contributed by atoms with van der Waals surface area (Å²) in [7, 11) is 1.65. The molecule has 1 unspecified atom stereocenters. The summed E-state index contributed by atoms with van der Waals surface area (Å²) < 4.78 is 6.92. The number of nitrogens with zero attached hydrogens (tertiary/aromatic N) is 4. The number of methoxy groups -OCH3 is 1. The van der Waals surface area contributed by atoms with Gasteiger partial charge >= 0.3 is 0 Å². The maximum atomic E-state index is 5.14. The van der Waals surface area contributed by atoms with Crippen molar-refractivity contribution in [1.29, 1.82) is 0 Å². The summed E-state index contributed by atoms with van der Waals surface area (Å²) in [4.78, 5) is 0. The van der Waals surface area contributed by atoms with Crippen molar-refractivity contribution in [3.8, 4) is 11.4 Å². The quantitative estimate of drug-likeness (QED) is 0.877. The van der Waals surface area contributed by atoms with Crippen molar-refractivity contribution >= 4 is 0 Å². The van der Waals surface area contributed by atoms with Crippen LogP contribution < -0.4 is 10.1 Å². The molecule has 1 aliphatic rings. The maximum Gasteiger partial charge on any atom is 0.173 e. The molecule has 1 aromatic carbocycles. The van der Waals surface area contributed by atoms with Gasteiger partial charge in [0, 0.05) is 0 Å². The smallest absolute Gasteiger partial charge is 0.173 e. The summed E-state index contributed by atoms with van der Waals surface area (Å²) in [6, 6.07) is 7.97. The predicted octanol–water partition coefficient (Wildman–Crippen LogP) is 1.10. The van der Waals surface area contributed by atoms with Crippen LogP contribution in [0.4, 0.5) is 0 Å². The van der Waals surface area contributed by atoms with Crippen LogP contribution in [-0.4, -0.2) is 33.9 Å². The molecular weight excluding hydrogens is 230 g/mol. The van der Waals surface area contributed by atoms with Crippen LogP contribution in [0.3, 0.4) is 0 Å². The zero-order valence-corrected chi connectivity index (χ0v) is 10.2. The minimum Gasteiger partial charge on any atom is -0.497 e. The van der Waals surface area contributed by atoms with Crippen molar-refractivity contribution in [3.63, 3.8) is 0 Å². The van der Waals surface area contributed by atoms with E-state index >= 15 is 0 Å². The topological polar surface area (TPSA) is 64.9 Å². The van der Waals surface area contributed by atoms with Crippen LogP contribution in [0.5, 0.6) is 5.75 Å². The average molecular weight is 245 g/mol. The van der Waals surface area contributed by atoms with Crippen molar-refractivity contribution < 1.29 is 4.74 Å². The highest BCUT2D eigenvalue weighted by atomic mass is 16.5. The van der Waals surface area contributed by atoms with E-state index in [1.54, 1.807) is 11.8 Å². The number of ether oxygens (including phenoxy) is 1. The fraction of sp³-hybridized carbons (Fsp3) is 0.417. The monoisotopic (exact) mass is 245 g/mol. The van der Waals surface area contributed by atoms with Gasteiger partial charge in [0.05, 0.1) is 18.8 Å². The molecule has 0 bridgehead atoms. The Balaban J connectivity index is 1.93. The zero-order valence-electron chi connectivity index (χ0n) is 10.2. The minimum atomic E-state index is 0.252. The SMILES string of the molecule is COc1ccc(-n2nnnc2C2CCCN2)cc1. The van der Waals surface area contributed by atoms with Crippen LogP contribution in [0.25, 0.3) is 5.69 Å². The molecule has 94 valence electrons. The summed E-state index contributed by atoms with van der Waals surface area (Å²) in [5.41, 5.74) is 0.949. The van der Waals surface area contributed by atoms with E-state index in [9.17, 15) is 0 Å². The van der Waals surface area contributed by atoms with Crippen molar-refractivity contribution in [2.75, 3.05) is 13.7 Å². The van der Waals surface area contributed by atoms with E-state index in [1.807, 2.05) is 24.3 Å². The van der Waals surface area contributed by atoms with Gasteiger partial charge in [0.25, 0.3) is 0 Å². The standard InChI is InChI=1S/C12H15N5O/c1-18-10-6-4-9(5-7-10)17-12(14-15-16-17)11-3-2-8-13-11/h4-7,11,13H,2-3,8H2,1H3. The first-order chi connectivity index (χ1) is 8.88. The lowest BCUT2D eigenvalue weighted by molar-refractivity contribution is 0.414. The number of benzene rings is 1. The zero-order chi connectivity index (χ0) is 12.4. The first kappa shape index (κ1) is 11.2. The van der Waals surface area contributed by atoms with Gasteiger partial charge in [-0.2, -0.15) is 4.68 Å². The molecular formula is C12H15N5O. The summed E-state index contributed by atoms with van der Waals surface area (Å²) in [5.74, 6) is 1.70. The second-order valence-corrected chi connectivity index (χ2v) is 4.30. The molecule has 2 heterocycles. The second kappa shape index (κ2) is 4.73. The third-order valence-electron chi connectivity index (χ3n) is 3.18. The number of aromatic nitrogens is 4. The summed E-state index contributed by atoms with van der Waals surface area (Å²) in [6.07, 6.45) is 2.25. The minimum absolute atomic E-state index is 0.252. The molecule has 3 rings (SSSR count). The Morgan fingerprint density at radius 2 is 2.17 bits per heavy atom. The molecule has 1 fully saturated rings. The van der Waals surface area contributed by atoms with Gasteiger partial charge in [-0.25, -0.2) is 0 Å². The first-order valence-corrected chi connectivity index (χ1v) is 6.04. The Morgan fingerprint density at radius 1 is 1.33 bits per heavy atom. The van der Waals surface area contributed by atoms with Crippen LogP contribution >= 0.6 is 0 Å². The Bertz CT molecular complexity index is 516. The Kier molecular flexibility index (Phi) is 2.93. The molecule has 2 aromatic rings. The fourth-order valence-electron chi connectivity index (χ4n) is 2.22. The third-order valence-corrected chi connectivity index (χ3v) is 3.18. The lowest BCUT2D eigenvalue weighted by Gasteiger charge is -2.10. The lowest BCUT2D eigenvalue weighted by atomic mass is 10.2. The van der Waals surface area contributed by atoms with Crippen LogP contribution in [0.2, 0.25) is 0 Å². The van der Waals surface area contributed by atoms with Crippen LogP contribution in [-0.2, 0) is 0 Å². The van der Waals surface area contributed by atoms with Gasteiger partial charge < -0.3 is 10.1 Å². The summed E-state index contributed by atoms with van der Waals surface area (Å²) >= 11 is 0. The highest BCUT2D eigenvalue weighted by Gasteiger charge is 2.22. The fourth-order valence-corrected chi connectivity index (χ4v) is 2.22. The number of tetrazole rings is 1. The highest BCUT2D eigenvalue weighted by molar-refractivity contribution is 5.37. The molecule has 1 saturated heterocycles. The Hall–Kier alpha value is -1.95. The van der Waals surface area contributed by atoms with Gasteiger partial charge in [-0.3, -0.25) is 0 Å². The molecule has 1 aromatic heterocycles. The van der Waals surface area contributed by atoms with E-state index in [0.717, 1.165) is 30.2 Å². The van der Waals surface area contributed by atoms with Gasteiger partial charge in [-0.1, -0.05) is 0 Å². The van der Waals surface area contributed by atoms with Crippen molar-refractivity contribution in [3.05, 3.63) is 30.1 Å². The van der Waals surface area contributed by atoms with Crippen molar-refractivity contribution in [2.24, 2.45) is 0 Å². The van der Waals surface area contributed by atoms with E-state index < -0.39 is 0 Å². The largest absolute Gasteiger partial charge is 0.497 e. The maximum absolute atomic E-state index is 5.14. The molecule has 0 aliphatic carbocycles. The molecule has 6 heteroatoms. The number of nitrogens with one attached hydrogen (secondary N) is 1. The normalized spacial score (nSPS) is 19.1. The number of rotatable bonds is 3. The Labute approximate surface area is 105 Å². The molecule has 1 atom stereocenters. The van der Waals surface area contributed by atoms with Gasteiger partial charge in [0.2, 0.25) is 0 Å². The van der Waals surface area contributed by atoms with Crippen molar-refractivity contribution in [2.45, 2.75) is 18.9 Å². The molecule has 0 radical (unpaired) electrons. The summed E-state index contributed by atoms with van der Waals surface area (Å²) in [6.45, 7) is 1.03. The van der Waals surface area contributed by atoms with Crippen LogP contribution in [0.1, 0.15) is 24.7 Å². The summed E-state index contributed by atoms with van der Waals surface area (Å²) in [5, 5.41) is 15.4. The molecule has 0 spiro atoms. The molecule has 0 saturated carbocycles. The second-order valence-electron chi connectivity index (χ2n) is 4.30. The van der Waals surface area contributed by atoms with E-state index in [0.29, 0.717) is 0 Å². The van der Waals surface area contributed by atoms with Gasteiger partial charge in [-0.15, -0.1) is 5.10 Å².